The Morgan fingerprint density at radius 3 is 2.67 bits per heavy atom. The largest absolute Gasteiger partial charge is 0.506 e. The predicted octanol–water partition coefficient (Wildman–Crippen LogP) is 3.34. The van der Waals surface area contributed by atoms with Crippen molar-refractivity contribution in [2.75, 3.05) is 0 Å². The quantitative estimate of drug-likeness (QED) is 0.857. The van der Waals surface area contributed by atoms with Crippen LogP contribution in [0.4, 0.5) is 0 Å². The zero-order valence-electron chi connectivity index (χ0n) is 8.26. The molecule has 1 fully saturated rings. The van der Waals surface area contributed by atoms with Crippen molar-refractivity contribution in [3.63, 3.8) is 0 Å². The van der Waals surface area contributed by atoms with Crippen LogP contribution in [0.2, 0.25) is 10.0 Å². The smallest absolute Gasteiger partial charge is 0.138 e. The minimum absolute atomic E-state index is 0.132. The standard InChI is InChI=1S/C11H13Cl2NO/c12-8-4-7(11(15)10(13)5-8)6-14-9-2-1-3-9/h4-5,9,14-15H,1-3,6H2. The predicted molar refractivity (Wildman–Crippen MR) is 62.6 cm³/mol. The van der Waals surface area contributed by atoms with Gasteiger partial charge in [-0.2, -0.15) is 0 Å². The molecule has 1 aliphatic carbocycles. The Labute approximate surface area is 99.2 Å². The van der Waals surface area contributed by atoms with Gasteiger partial charge in [0.25, 0.3) is 0 Å². The lowest BCUT2D eigenvalue weighted by Gasteiger charge is -2.26. The van der Waals surface area contributed by atoms with Gasteiger partial charge in [0.15, 0.2) is 0 Å². The van der Waals surface area contributed by atoms with E-state index in [9.17, 15) is 5.11 Å². The number of aromatic hydroxyl groups is 1. The van der Waals surface area contributed by atoms with Gasteiger partial charge in [0.2, 0.25) is 0 Å². The van der Waals surface area contributed by atoms with Gasteiger partial charge >= 0.3 is 0 Å². The number of hydrogen-bond acceptors (Lipinski definition) is 2. The van der Waals surface area contributed by atoms with Gasteiger partial charge in [-0.3, -0.25) is 0 Å². The third-order valence-corrected chi connectivity index (χ3v) is 3.30. The van der Waals surface area contributed by atoms with Crippen LogP contribution in [0.15, 0.2) is 12.1 Å². The van der Waals surface area contributed by atoms with Gasteiger partial charge < -0.3 is 10.4 Å². The molecule has 0 bridgehead atoms. The van der Waals surface area contributed by atoms with E-state index in [0.29, 0.717) is 22.6 Å². The molecule has 0 aromatic heterocycles. The van der Waals surface area contributed by atoms with Crippen molar-refractivity contribution < 1.29 is 5.11 Å². The molecule has 2 rings (SSSR count). The molecule has 0 spiro atoms. The Kier molecular flexibility index (Phi) is 3.39. The van der Waals surface area contributed by atoms with Crippen LogP contribution in [-0.2, 0) is 6.54 Å². The second-order valence-corrected chi connectivity index (χ2v) is 4.75. The molecule has 0 unspecified atom stereocenters. The minimum atomic E-state index is 0.132. The van der Waals surface area contributed by atoms with Crippen molar-refractivity contribution in [2.24, 2.45) is 0 Å². The van der Waals surface area contributed by atoms with E-state index in [1.54, 1.807) is 12.1 Å². The van der Waals surface area contributed by atoms with E-state index >= 15 is 0 Å². The monoisotopic (exact) mass is 245 g/mol. The first-order valence-electron chi connectivity index (χ1n) is 5.07. The lowest BCUT2D eigenvalue weighted by Crippen LogP contribution is -2.34. The summed E-state index contributed by atoms with van der Waals surface area (Å²) in [4.78, 5) is 0. The number of rotatable bonds is 3. The van der Waals surface area contributed by atoms with E-state index in [4.69, 9.17) is 23.2 Å². The fraction of sp³-hybridized carbons (Fsp3) is 0.455. The van der Waals surface area contributed by atoms with Gasteiger partial charge in [-0.15, -0.1) is 0 Å². The lowest BCUT2D eigenvalue weighted by atomic mass is 9.93. The summed E-state index contributed by atoms with van der Waals surface area (Å²) in [6.07, 6.45) is 3.73. The Hall–Kier alpha value is -0.440. The first kappa shape index (κ1) is 11.1. The Balaban J connectivity index is 2.05. The summed E-state index contributed by atoms with van der Waals surface area (Å²) in [7, 11) is 0. The Bertz CT molecular complexity index is 364. The SMILES string of the molecule is Oc1c(Cl)cc(Cl)cc1CNC1CCC1. The highest BCUT2D eigenvalue weighted by Crippen LogP contribution is 2.31. The molecule has 1 aliphatic rings. The van der Waals surface area contributed by atoms with E-state index in [1.165, 1.54) is 19.3 Å². The van der Waals surface area contributed by atoms with Crippen LogP contribution in [-0.4, -0.2) is 11.1 Å². The number of phenols is 1. The van der Waals surface area contributed by atoms with Gasteiger partial charge in [-0.25, -0.2) is 0 Å². The van der Waals surface area contributed by atoms with Crippen LogP contribution in [0.3, 0.4) is 0 Å². The maximum absolute atomic E-state index is 9.70. The van der Waals surface area contributed by atoms with Crippen molar-refractivity contribution in [1.82, 2.24) is 5.32 Å². The molecule has 4 heteroatoms. The molecule has 15 heavy (non-hydrogen) atoms. The van der Waals surface area contributed by atoms with E-state index in [2.05, 4.69) is 5.32 Å². The average molecular weight is 246 g/mol. The highest BCUT2D eigenvalue weighted by molar-refractivity contribution is 6.35. The van der Waals surface area contributed by atoms with E-state index in [-0.39, 0.29) is 5.75 Å². The zero-order chi connectivity index (χ0) is 10.8. The Morgan fingerprint density at radius 2 is 2.07 bits per heavy atom. The molecule has 82 valence electrons. The van der Waals surface area contributed by atoms with Crippen molar-refractivity contribution in [1.29, 1.82) is 0 Å². The van der Waals surface area contributed by atoms with Crippen LogP contribution in [0.25, 0.3) is 0 Å². The molecule has 0 atom stereocenters. The second-order valence-electron chi connectivity index (χ2n) is 3.90. The summed E-state index contributed by atoms with van der Waals surface area (Å²) in [5, 5.41) is 13.9. The first-order chi connectivity index (χ1) is 7.16. The van der Waals surface area contributed by atoms with E-state index in [0.717, 1.165) is 5.56 Å². The number of benzene rings is 1. The number of halogens is 2. The van der Waals surface area contributed by atoms with Gasteiger partial charge in [0, 0.05) is 23.2 Å². The maximum Gasteiger partial charge on any atom is 0.138 e. The first-order valence-corrected chi connectivity index (χ1v) is 5.82. The van der Waals surface area contributed by atoms with E-state index < -0.39 is 0 Å². The van der Waals surface area contributed by atoms with Crippen LogP contribution in [0, 0.1) is 0 Å². The molecule has 0 heterocycles. The van der Waals surface area contributed by atoms with Crippen LogP contribution in [0.1, 0.15) is 24.8 Å². The highest BCUT2D eigenvalue weighted by atomic mass is 35.5. The van der Waals surface area contributed by atoms with Gasteiger partial charge in [-0.1, -0.05) is 29.6 Å². The highest BCUT2D eigenvalue weighted by Gasteiger charge is 2.17. The van der Waals surface area contributed by atoms with Crippen molar-refractivity contribution in [2.45, 2.75) is 31.8 Å². The third kappa shape index (κ3) is 2.57. The van der Waals surface area contributed by atoms with Gasteiger partial charge in [-0.05, 0) is 25.0 Å². The number of nitrogens with one attached hydrogen (secondary N) is 1. The maximum atomic E-state index is 9.70. The molecule has 1 aromatic rings. The van der Waals surface area contributed by atoms with Crippen LogP contribution >= 0.6 is 23.2 Å². The summed E-state index contributed by atoms with van der Waals surface area (Å²) in [5.74, 6) is 0.132. The molecule has 0 amide bonds. The molecule has 2 N–H and O–H groups in total. The fourth-order valence-electron chi connectivity index (χ4n) is 1.62. The molecule has 0 radical (unpaired) electrons. The van der Waals surface area contributed by atoms with Gasteiger partial charge in [0.1, 0.15) is 5.75 Å². The molecule has 2 nitrogen and oxygen atoms in total. The summed E-state index contributed by atoms with van der Waals surface area (Å²) < 4.78 is 0. The van der Waals surface area contributed by atoms with Crippen molar-refractivity contribution in [3.05, 3.63) is 27.7 Å². The number of phenolic OH excluding ortho intramolecular Hbond substituents is 1. The summed E-state index contributed by atoms with van der Waals surface area (Å²) in [6, 6.07) is 3.88. The molecule has 1 saturated carbocycles. The van der Waals surface area contributed by atoms with Crippen LogP contribution in [0.5, 0.6) is 5.75 Å². The third-order valence-electron chi connectivity index (χ3n) is 2.79. The summed E-state index contributed by atoms with van der Waals surface area (Å²) in [6.45, 7) is 0.622. The second kappa shape index (κ2) is 4.60. The zero-order valence-corrected chi connectivity index (χ0v) is 9.78. The Morgan fingerprint density at radius 1 is 1.33 bits per heavy atom. The van der Waals surface area contributed by atoms with E-state index in [1.807, 2.05) is 0 Å². The summed E-state index contributed by atoms with van der Waals surface area (Å²) >= 11 is 11.7. The van der Waals surface area contributed by atoms with Crippen LogP contribution < -0.4 is 5.32 Å². The average Bonchev–Trinajstić information content (AvgIpc) is 2.10. The van der Waals surface area contributed by atoms with Gasteiger partial charge in [0.05, 0.1) is 5.02 Å². The lowest BCUT2D eigenvalue weighted by molar-refractivity contribution is 0.336. The van der Waals surface area contributed by atoms with Crippen molar-refractivity contribution in [3.8, 4) is 5.75 Å². The topological polar surface area (TPSA) is 32.3 Å². The van der Waals surface area contributed by atoms with Crippen molar-refractivity contribution >= 4 is 23.2 Å². The number of hydrogen-bond donors (Lipinski definition) is 2. The fourth-order valence-corrected chi connectivity index (χ4v) is 2.16. The molecule has 0 saturated heterocycles. The minimum Gasteiger partial charge on any atom is -0.506 e. The molecular weight excluding hydrogens is 233 g/mol. The molecule has 1 aromatic carbocycles. The molecular formula is C11H13Cl2NO. The normalized spacial score (nSPS) is 16.4. The summed E-state index contributed by atoms with van der Waals surface area (Å²) in [5.41, 5.74) is 0.763. The molecule has 0 aliphatic heterocycles.